The van der Waals surface area contributed by atoms with E-state index in [4.69, 9.17) is 9.47 Å². The number of ether oxygens (including phenoxy) is 2. The van der Waals surface area contributed by atoms with Gasteiger partial charge in [0.2, 0.25) is 12.7 Å². The molecule has 1 amide bonds. The molecule has 1 aliphatic heterocycles. The Kier molecular flexibility index (Phi) is 4.58. The standard InChI is InChI=1S/C16H18N2O3S/c1-11-9-22-16(18-11)3-2-6-17-15(19)8-12-4-5-13-14(7-12)21-10-20-13/h4-5,7,9H,2-3,6,8,10H2,1H3,(H,17,19). The molecule has 0 bridgehead atoms. The van der Waals surface area contributed by atoms with Crippen LogP contribution in [0, 0.1) is 6.92 Å². The molecule has 0 atom stereocenters. The summed E-state index contributed by atoms with van der Waals surface area (Å²) in [6, 6.07) is 5.60. The van der Waals surface area contributed by atoms with E-state index >= 15 is 0 Å². The van der Waals surface area contributed by atoms with Crippen molar-refractivity contribution < 1.29 is 14.3 Å². The number of rotatable bonds is 6. The maximum Gasteiger partial charge on any atom is 0.231 e. The number of benzene rings is 1. The summed E-state index contributed by atoms with van der Waals surface area (Å²) < 4.78 is 10.6. The minimum atomic E-state index is 0.0224. The topological polar surface area (TPSA) is 60.5 Å². The number of nitrogens with one attached hydrogen (secondary N) is 1. The first-order chi connectivity index (χ1) is 10.7. The number of carbonyl (C=O) groups excluding carboxylic acids is 1. The molecule has 0 fully saturated rings. The summed E-state index contributed by atoms with van der Waals surface area (Å²) >= 11 is 1.67. The number of hydrogen-bond acceptors (Lipinski definition) is 5. The minimum absolute atomic E-state index is 0.0224. The molecule has 2 aromatic rings. The van der Waals surface area contributed by atoms with E-state index in [1.54, 1.807) is 11.3 Å². The molecule has 0 spiro atoms. The zero-order valence-corrected chi connectivity index (χ0v) is 13.2. The minimum Gasteiger partial charge on any atom is -0.454 e. The highest BCUT2D eigenvalue weighted by Gasteiger charge is 2.14. The molecule has 1 aromatic heterocycles. The van der Waals surface area contributed by atoms with Crippen molar-refractivity contribution in [3.63, 3.8) is 0 Å². The van der Waals surface area contributed by atoms with Crippen LogP contribution in [0.5, 0.6) is 11.5 Å². The van der Waals surface area contributed by atoms with Crippen LogP contribution < -0.4 is 14.8 Å². The fourth-order valence-electron chi connectivity index (χ4n) is 2.28. The predicted molar refractivity (Wildman–Crippen MR) is 84.5 cm³/mol. The molecule has 6 heteroatoms. The van der Waals surface area contributed by atoms with Crippen molar-refractivity contribution in [1.82, 2.24) is 10.3 Å². The number of aryl methyl sites for hydroxylation is 2. The van der Waals surface area contributed by atoms with Crippen molar-refractivity contribution in [2.45, 2.75) is 26.2 Å². The highest BCUT2D eigenvalue weighted by atomic mass is 32.1. The van der Waals surface area contributed by atoms with Gasteiger partial charge >= 0.3 is 0 Å². The highest BCUT2D eigenvalue weighted by molar-refractivity contribution is 7.09. The molecule has 0 saturated heterocycles. The van der Waals surface area contributed by atoms with E-state index in [2.05, 4.69) is 10.3 Å². The lowest BCUT2D eigenvalue weighted by atomic mass is 10.1. The zero-order valence-electron chi connectivity index (χ0n) is 12.4. The van der Waals surface area contributed by atoms with Gasteiger partial charge in [-0.15, -0.1) is 11.3 Å². The Balaban J connectivity index is 1.41. The van der Waals surface area contributed by atoms with Crippen molar-refractivity contribution in [3.05, 3.63) is 39.8 Å². The van der Waals surface area contributed by atoms with E-state index in [-0.39, 0.29) is 12.7 Å². The Labute approximate surface area is 133 Å². The van der Waals surface area contributed by atoms with Gasteiger partial charge in [-0.3, -0.25) is 4.79 Å². The second-order valence-corrected chi connectivity index (χ2v) is 6.14. The van der Waals surface area contributed by atoms with Gasteiger partial charge in [-0.2, -0.15) is 0 Å². The summed E-state index contributed by atoms with van der Waals surface area (Å²) in [7, 11) is 0. The van der Waals surface area contributed by atoms with E-state index in [9.17, 15) is 4.79 Å². The fourth-order valence-corrected chi connectivity index (χ4v) is 3.10. The lowest BCUT2D eigenvalue weighted by molar-refractivity contribution is -0.120. The SMILES string of the molecule is Cc1csc(CCCNC(=O)Cc2ccc3c(c2)OCO3)n1. The third-order valence-electron chi connectivity index (χ3n) is 3.36. The molecule has 0 radical (unpaired) electrons. The lowest BCUT2D eigenvalue weighted by Gasteiger charge is -2.05. The molecule has 22 heavy (non-hydrogen) atoms. The van der Waals surface area contributed by atoms with Gasteiger partial charge in [0.05, 0.1) is 11.4 Å². The van der Waals surface area contributed by atoms with Crippen LogP contribution in [0.25, 0.3) is 0 Å². The Bertz CT molecular complexity index is 669. The first-order valence-corrected chi connectivity index (χ1v) is 8.15. The molecular weight excluding hydrogens is 300 g/mol. The summed E-state index contributed by atoms with van der Waals surface area (Å²) in [5, 5.41) is 6.12. The van der Waals surface area contributed by atoms with Crippen molar-refractivity contribution >= 4 is 17.2 Å². The maximum absolute atomic E-state index is 11.9. The van der Waals surface area contributed by atoms with Crippen LogP contribution in [-0.4, -0.2) is 24.2 Å². The monoisotopic (exact) mass is 318 g/mol. The van der Waals surface area contributed by atoms with Crippen LogP contribution in [0.2, 0.25) is 0 Å². The molecular formula is C16H18N2O3S. The van der Waals surface area contributed by atoms with Crippen LogP contribution in [0.15, 0.2) is 23.6 Å². The van der Waals surface area contributed by atoms with Gasteiger partial charge in [-0.25, -0.2) is 4.98 Å². The molecule has 1 aliphatic rings. The number of aromatic nitrogens is 1. The van der Waals surface area contributed by atoms with E-state index in [0.29, 0.717) is 18.7 Å². The van der Waals surface area contributed by atoms with E-state index < -0.39 is 0 Å². The largest absolute Gasteiger partial charge is 0.454 e. The van der Waals surface area contributed by atoms with Crippen LogP contribution in [0.3, 0.4) is 0 Å². The van der Waals surface area contributed by atoms with Crippen LogP contribution in [-0.2, 0) is 17.6 Å². The Morgan fingerprint density at radius 1 is 1.36 bits per heavy atom. The lowest BCUT2D eigenvalue weighted by Crippen LogP contribution is -2.26. The van der Waals surface area contributed by atoms with Gasteiger partial charge in [-0.1, -0.05) is 6.07 Å². The van der Waals surface area contributed by atoms with Crippen molar-refractivity contribution in [2.75, 3.05) is 13.3 Å². The van der Waals surface area contributed by atoms with Crippen molar-refractivity contribution in [3.8, 4) is 11.5 Å². The summed E-state index contributed by atoms with van der Waals surface area (Å²) in [5.41, 5.74) is 1.99. The average molecular weight is 318 g/mol. The normalized spacial score (nSPS) is 12.4. The highest BCUT2D eigenvalue weighted by Crippen LogP contribution is 2.32. The van der Waals surface area contributed by atoms with Crippen LogP contribution in [0.4, 0.5) is 0 Å². The molecule has 0 aliphatic carbocycles. The van der Waals surface area contributed by atoms with Gasteiger partial charge in [0.25, 0.3) is 0 Å². The molecule has 1 aromatic carbocycles. The van der Waals surface area contributed by atoms with Gasteiger partial charge in [0.1, 0.15) is 0 Å². The van der Waals surface area contributed by atoms with Crippen molar-refractivity contribution in [2.24, 2.45) is 0 Å². The number of thiazole rings is 1. The number of nitrogens with zero attached hydrogens (tertiary/aromatic N) is 1. The Morgan fingerprint density at radius 2 is 2.23 bits per heavy atom. The predicted octanol–water partition coefficient (Wildman–Crippen LogP) is 2.47. The van der Waals surface area contributed by atoms with Gasteiger partial charge in [-0.05, 0) is 31.0 Å². The first kappa shape index (κ1) is 14.8. The number of hydrogen-bond donors (Lipinski definition) is 1. The first-order valence-electron chi connectivity index (χ1n) is 7.27. The Morgan fingerprint density at radius 3 is 3.05 bits per heavy atom. The average Bonchev–Trinajstić information content (AvgIpc) is 3.12. The number of fused-ring (bicyclic) bond motifs is 1. The fraction of sp³-hybridized carbons (Fsp3) is 0.375. The van der Waals surface area contributed by atoms with Crippen molar-refractivity contribution in [1.29, 1.82) is 0 Å². The smallest absolute Gasteiger partial charge is 0.231 e. The maximum atomic E-state index is 11.9. The van der Waals surface area contributed by atoms with E-state index in [1.807, 2.05) is 30.5 Å². The number of carbonyl (C=O) groups is 1. The second kappa shape index (κ2) is 6.79. The summed E-state index contributed by atoms with van der Waals surface area (Å²) in [4.78, 5) is 16.3. The summed E-state index contributed by atoms with van der Waals surface area (Å²) in [6.07, 6.45) is 2.16. The van der Waals surface area contributed by atoms with E-state index in [1.165, 1.54) is 0 Å². The quantitative estimate of drug-likeness (QED) is 0.831. The molecule has 0 saturated carbocycles. The van der Waals surface area contributed by atoms with Gasteiger partial charge in [0, 0.05) is 24.0 Å². The molecule has 116 valence electrons. The Hall–Kier alpha value is -2.08. The summed E-state index contributed by atoms with van der Waals surface area (Å²) in [6.45, 7) is 2.91. The molecule has 2 heterocycles. The van der Waals surface area contributed by atoms with Gasteiger partial charge in [0.15, 0.2) is 11.5 Å². The molecule has 0 unspecified atom stereocenters. The second-order valence-electron chi connectivity index (χ2n) is 5.20. The third-order valence-corrected chi connectivity index (χ3v) is 4.38. The molecule has 1 N–H and O–H groups in total. The zero-order chi connectivity index (χ0) is 15.4. The molecule has 5 nitrogen and oxygen atoms in total. The number of amides is 1. The van der Waals surface area contributed by atoms with Crippen LogP contribution >= 0.6 is 11.3 Å². The van der Waals surface area contributed by atoms with E-state index in [0.717, 1.165) is 34.9 Å². The van der Waals surface area contributed by atoms with Crippen LogP contribution in [0.1, 0.15) is 22.7 Å². The molecule has 3 rings (SSSR count). The third kappa shape index (κ3) is 3.76. The summed E-state index contributed by atoms with van der Waals surface area (Å²) in [5.74, 6) is 1.47. The van der Waals surface area contributed by atoms with Gasteiger partial charge < -0.3 is 14.8 Å².